The number of nitrogens with zero attached hydrogens (tertiary/aromatic N) is 3. The van der Waals surface area contributed by atoms with E-state index >= 15 is 0 Å². The van der Waals surface area contributed by atoms with E-state index in [0.29, 0.717) is 12.0 Å². The molecular formula is C17H27N3O. The number of ether oxygens (including phenoxy) is 1. The van der Waals surface area contributed by atoms with E-state index in [-0.39, 0.29) is 0 Å². The highest BCUT2D eigenvalue weighted by Crippen LogP contribution is 2.28. The van der Waals surface area contributed by atoms with E-state index in [4.69, 9.17) is 4.74 Å². The van der Waals surface area contributed by atoms with Gasteiger partial charge >= 0.3 is 0 Å². The zero-order valence-corrected chi connectivity index (χ0v) is 13.7. The molecule has 21 heavy (non-hydrogen) atoms. The van der Waals surface area contributed by atoms with Gasteiger partial charge in [0, 0.05) is 19.7 Å². The Kier molecular flexibility index (Phi) is 5.59. The fraction of sp³-hybridized carbons (Fsp3) is 0.647. The Balaban J connectivity index is 2.03. The van der Waals surface area contributed by atoms with Gasteiger partial charge in [0.1, 0.15) is 6.10 Å². The lowest BCUT2D eigenvalue weighted by atomic mass is 9.88. The smallest absolute Gasteiger partial charge is 0.213 e. The van der Waals surface area contributed by atoms with Crippen LogP contribution in [0.3, 0.4) is 0 Å². The zero-order valence-electron chi connectivity index (χ0n) is 13.7. The first-order valence-electron chi connectivity index (χ1n) is 7.99. The van der Waals surface area contributed by atoms with Gasteiger partial charge < -0.3 is 9.64 Å². The van der Waals surface area contributed by atoms with Gasteiger partial charge in [-0.15, -0.1) is 0 Å². The number of hydrogen-bond donors (Lipinski definition) is 0. The number of pyridine rings is 1. The Labute approximate surface area is 128 Å². The van der Waals surface area contributed by atoms with Gasteiger partial charge in [-0.25, -0.2) is 9.98 Å². The third kappa shape index (κ3) is 4.45. The molecule has 1 aromatic heterocycles. The molecular weight excluding hydrogens is 262 g/mol. The van der Waals surface area contributed by atoms with Crippen LogP contribution >= 0.6 is 0 Å². The quantitative estimate of drug-likeness (QED) is 0.608. The fourth-order valence-corrected chi connectivity index (χ4v) is 2.59. The average Bonchev–Trinajstić information content (AvgIpc) is 2.48. The minimum atomic E-state index is 0.311. The number of aromatic nitrogens is 1. The summed E-state index contributed by atoms with van der Waals surface area (Å²) < 4.78 is 6.08. The van der Waals surface area contributed by atoms with Crippen molar-refractivity contribution in [3.63, 3.8) is 0 Å². The molecule has 4 nitrogen and oxygen atoms in total. The van der Waals surface area contributed by atoms with E-state index in [1.54, 1.807) is 0 Å². The molecule has 0 bridgehead atoms. The highest BCUT2D eigenvalue weighted by molar-refractivity contribution is 5.62. The van der Waals surface area contributed by atoms with Crippen LogP contribution in [0.25, 0.3) is 0 Å². The van der Waals surface area contributed by atoms with Crippen molar-refractivity contribution in [2.75, 3.05) is 13.6 Å². The second-order valence-corrected chi connectivity index (χ2v) is 5.99. The molecule has 1 heterocycles. The first kappa shape index (κ1) is 15.8. The lowest BCUT2D eigenvalue weighted by Crippen LogP contribution is -2.28. The Bertz CT molecular complexity index is 487. The van der Waals surface area contributed by atoms with Crippen LogP contribution in [0.2, 0.25) is 0 Å². The molecule has 1 saturated carbocycles. The van der Waals surface area contributed by atoms with Crippen molar-refractivity contribution in [3.05, 3.63) is 17.8 Å². The largest absolute Gasteiger partial charge is 0.474 e. The summed E-state index contributed by atoms with van der Waals surface area (Å²) in [4.78, 5) is 11.0. The van der Waals surface area contributed by atoms with Crippen LogP contribution in [0.15, 0.2) is 17.1 Å². The first-order chi connectivity index (χ1) is 10.1. The molecule has 4 heteroatoms. The summed E-state index contributed by atoms with van der Waals surface area (Å²) in [5, 5.41) is 0. The summed E-state index contributed by atoms with van der Waals surface area (Å²) in [7, 11) is 2.01. The van der Waals surface area contributed by atoms with E-state index in [0.717, 1.165) is 30.2 Å². The molecule has 1 aliphatic rings. The van der Waals surface area contributed by atoms with Gasteiger partial charge in [0.2, 0.25) is 5.88 Å². The second-order valence-electron chi connectivity index (χ2n) is 5.99. The first-order valence-corrected chi connectivity index (χ1v) is 7.99. The topological polar surface area (TPSA) is 37.7 Å². The van der Waals surface area contributed by atoms with Crippen LogP contribution < -0.4 is 4.74 Å². The van der Waals surface area contributed by atoms with Crippen LogP contribution in [-0.2, 0) is 0 Å². The Hall–Kier alpha value is -1.58. The summed E-state index contributed by atoms with van der Waals surface area (Å²) in [6, 6.07) is 3.93. The predicted octanol–water partition coefficient (Wildman–Crippen LogP) is 3.96. The molecule has 1 aliphatic carbocycles. The second kappa shape index (κ2) is 7.43. The van der Waals surface area contributed by atoms with Crippen molar-refractivity contribution < 1.29 is 4.74 Å². The molecule has 2 rings (SSSR count). The van der Waals surface area contributed by atoms with E-state index in [1.165, 1.54) is 19.3 Å². The molecule has 0 amide bonds. The lowest BCUT2D eigenvalue weighted by Gasteiger charge is -2.28. The van der Waals surface area contributed by atoms with Crippen molar-refractivity contribution in [2.24, 2.45) is 10.9 Å². The lowest BCUT2D eigenvalue weighted by molar-refractivity contribution is 0.0975. The summed E-state index contributed by atoms with van der Waals surface area (Å²) in [5.74, 6) is 1.35. The Morgan fingerprint density at radius 3 is 2.81 bits per heavy atom. The molecule has 1 aromatic rings. The minimum absolute atomic E-state index is 0.311. The molecule has 0 aliphatic heterocycles. The van der Waals surface area contributed by atoms with Gasteiger partial charge in [-0.1, -0.05) is 13.3 Å². The van der Waals surface area contributed by atoms with Crippen LogP contribution in [0.4, 0.5) is 5.69 Å². The number of aliphatic imine (C=N–C) groups is 1. The maximum atomic E-state index is 6.08. The maximum Gasteiger partial charge on any atom is 0.213 e. The van der Waals surface area contributed by atoms with E-state index in [2.05, 4.69) is 23.8 Å². The highest BCUT2D eigenvalue weighted by Gasteiger charge is 2.23. The molecule has 0 spiro atoms. The van der Waals surface area contributed by atoms with Gasteiger partial charge in [-0.3, -0.25) is 0 Å². The van der Waals surface area contributed by atoms with Crippen molar-refractivity contribution in [3.8, 4) is 5.88 Å². The monoisotopic (exact) mass is 289 g/mol. The number of hydrogen-bond acceptors (Lipinski definition) is 3. The summed E-state index contributed by atoms with van der Waals surface area (Å²) in [5.41, 5.74) is 1.82. The Morgan fingerprint density at radius 1 is 1.38 bits per heavy atom. The van der Waals surface area contributed by atoms with E-state index < -0.39 is 0 Å². The Morgan fingerprint density at radius 2 is 2.14 bits per heavy atom. The number of aryl methyl sites for hydroxylation is 1. The van der Waals surface area contributed by atoms with Gasteiger partial charge in [0.15, 0.2) is 0 Å². The molecule has 0 saturated heterocycles. The van der Waals surface area contributed by atoms with Crippen LogP contribution in [-0.4, -0.2) is 35.9 Å². The van der Waals surface area contributed by atoms with Gasteiger partial charge in [0.05, 0.1) is 17.7 Å². The van der Waals surface area contributed by atoms with Crippen LogP contribution in [0.5, 0.6) is 5.88 Å². The standard InChI is InChI=1S/C17H27N3O/c1-5-20(4)12-18-15-10-11-17(19-14(15)3)21-16-9-7-6-8-13(16)2/h10-13,16H,5-9H2,1-4H3/b18-12+. The highest BCUT2D eigenvalue weighted by atomic mass is 16.5. The molecule has 0 N–H and O–H groups in total. The van der Waals surface area contributed by atoms with Crippen LogP contribution in [0.1, 0.15) is 45.2 Å². The molecule has 0 aromatic carbocycles. The molecule has 116 valence electrons. The predicted molar refractivity (Wildman–Crippen MR) is 87.5 cm³/mol. The van der Waals surface area contributed by atoms with Crippen molar-refractivity contribution in [2.45, 2.75) is 52.6 Å². The van der Waals surface area contributed by atoms with E-state index in [1.807, 2.05) is 37.3 Å². The average molecular weight is 289 g/mol. The summed E-state index contributed by atoms with van der Waals surface area (Å²) >= 11 is 0. The van der Waals surface area contributed by atoms with Crippen molar-refractivity contribution in [1.29, 1.82) is 0 Å². The summed E-state index contributed by atoms with van der Waals surface area (Å²) in [6.45, 7) is 7.29. The number of rotatable bonds is 5. The fourth-order valence-electron chi connectivity index (χ4n) is 2.59. The SMILES string of the molecule is CCN(C)/C=N/c1ccc(OC2CCCCC2C)nc1C. The molecule has 0 radical (unpaired) electrons. The van der Waals surface area contributed by atoms with Gasteiger partial charge in [-0.05, 0) is 45.1 Å². The molecule has 2 atom stereocenters. The third-order valence-corrected chi connectivity index (χ3v) is 4.23. The normalized spacial score (nSPS) is 22.5. The zero-order chi connectivity index (χ0) is 15.2. The third-order valence-electron chi connectivity index (χ3n) is 4.23. The van der Waals surface area contributed by atoms with Gasteiger partial charge in [-0.2, -0.15) is 0 Å². The van der Waals surface area contributed by atoms with Crippen molar-refractivity contribution >= 4 is 12.0 Å². The van der Waals surface area contributed by atoms with Crippen molar-refractivity contribution in [1.82, 2.24) is 9.88 Å². The minimum Gasteiger partial charge on any atom is -0.474 e. The summed E-state index contributed by atoms with van der Waals surface area (Å²) in [6.07, 6.45) is 7.14. The van der Waals surface area contributed by atoms with E-state index in [9.17, 15) is 0 Å². The van der Waals surface area contributed by atoms with Gasteiger partial charge in [0.25, 0.3) is 0 Å². The van der Waals surface area contributed by atoms with Crippen LogP contribution in [0, 0.1) is 12.8 Å². The molecule has 2 unspecified atom stereocenters. The molecule has 1 fully saturated rings. The maximum absolute atomic E-state index is 6.08.